The predicted molar refractivity (Wildman–Crippen MR) is 87.5 cm³/mol. The molecule has 0 aromatic heterocycles. The van der Waals surface area contributed by atoms with E-state index in [0.29, 0.717) is 0 Å². The number of rotatable bonds is 6. The lowest BCUT2D eigenvalue weighted by Crippen LogP contribution is -2.67. The standard InChI is InChI=1S/C15H22N2O7S/c1-5-24-7(18)6-16(4)12(21)9(19)8-11(20)17-10(14(22)23)15(2,3)25-13(8)17/h8-10,13,19H,5-6H2,1-4H3,(H,22,23)/t8-,9+,10+,13-/m1/s1. The third kappa shape index (κ3) is 3.32. The molecule has 2 saturated heterocycles. The van der Waals surface area contributed by atoms with Crippen molar-refractivity contribution in [2.75, 3.05) is 20.2 Å². The van der Waals surface area contributed by atoms with Crippen molar-refractivity contribution < 1.29 is 34.1 Å². The van der Waals surface area contributed by atoms with Crippen molar-refractivity contribution in [3.63, 3.8) is 0 Å². The first-order valence-corrected chi connectivity index (χ1v) is 8.72. The second kappa shape index (κ2) is 6.83. The highest BCUT2D eigenvalue weighted by Crippen LogP contribution is 2.54. The summed E-state index contributed by atoms with van der Waals surface area (Å²) < 4.78 is 4.01. The van der Waals surface area contributed by atoms with Crippen molar-refractivity contribution in [3.8, 4) is 0 Å². The van der Waals surface area contributed by atoms with E-state index in [-0.39, 0.29) is 13.2 Å². The molecule has 0 saturated carbocycles. The number of carboxylic acid groups (broad SMARTS) is 1. The number of aliphatic hydroxyl groups is 1. The fourth-order valence-electron chi connectivity index (χ4n) is 3.19. The highest BCUT2D eigenvalue weighted by Gasteiger charge is 2.66. The van der Waals surface area contributed by atoms with Crippen molar-refractivity contribution in [1.29, 1.82) is 0 Å². The summed E-state index contributed by atoms with van der Waals surface area (Å²) in [5, 5.41) is 19.1. The number of aliphatic carboxylic acids is 1. The molecule has 0 bridgehead atoms. The maximum absolute atomic E-state index is 12.4. The summed E-state index contributed by atoms with van der Waals surface area (Å²) in [7, 11) is 1.33. The minimum Gasteiger partial charge on any atom is -0.480 e. The Morgan fingerprint density at radius 2 is 2.00 bits per heavy atom. The zero-order valence-electron chi connectivity index (χ0n) is 14.5. The Morgan fingerprint density at radius 3 is 2.52 bits per heavy atom. The molecule has 2 fully saturated rings. The predicted octanol–water partition coefficient (Wildman–Crippen LogP) is -0.868. The number of thioether (sulfide) groups is 1. The number of hydrogen-bond acceptors (Lipinski definition) is 7. The van der Waals surface area contributed by atoms with Gasteiger partial charge in [-0.25, -0.2) is 4.79 Å². The lowest BCUT2D eigenvalue weighted by Gasteiger charge is -2.45. The second-order valence-electron chi connectivity index (χ2n) is 6.57. The van der Waals surface area contributed by atoms with Crippen LogP contribution < -0.4 is 0 Å². The number of fused-ring (bicyclic) bond motifs is 1. The average Bonchev–Trinajstić information content (AvgIpc) is 2.74. The van der Waals surface area contributed by atoms with Crippen LogP contribution in [-0.4, -0.2) is 86.2 Å². The molecule has 140 valence electrons. The molecule has 2 aliphatic heterocycles. The van der Waals surface area contributed by atoms with Crippen molar-refractivity contribution in [1.82, 2.24) is 9.80 Å². The normalized spacial score (nSPS) is 28.0. The molecule has 2 heterocycles. The summed E-state index contributed by atoms with van der Waals surface area (Å²) in [5.74, 6) is -4.10. The Bertz CT molecular complexity index is 609. The summed E-state index contributed by atoms with van der Waals surface area (Å²) in [6.07, 6.45) is -1.64. The monoisotopic (exact) mass is 374 g/mol. The first-order chi connectivity index (χ1) is 11.5. The van der Waals surface area contributed by atoms with Gasteiger partial charge in [0.2, 0.25) is 5.91 Å². The Morgan fingerprint density at radius 1 is 1.40 bits per heavy atom. The first kappa shape index (κ1) is 19.5. The molecule has 2 rings (SSSR count). The van der Waals surface area contributed by atoms with E-state index in [1.54, 1.807) is 20.8 Å². The summed E-state index contributed by atoms with van der Waals surface area (Å²) in [4.78, 5) is 49.8. The van der Waals surface area contributed by atoms with E-state index in [0.717, 1.165) is 4.90 Å². The summed E-state index contributed by atoms with van der Waals surface area (Å²) in [6, 6.07) is -1.01. The molecule has 0 aromatic carbocycles. The molecule has 10 heteroatoms. The molecule has 25 heavy (non-hydrogen) atoms. The summed E-state index contributed by atoms with van der Waals surface area (Å²) in [6.45, 7) is 4.88. The molecular weight excluding hydrogens is 352 g/mol. The number of ether oxygens (including phenoxy) is 1. The number of carboxylic acids is 1. The van der Waals surface area contributed by atoms with Crippen LogP contribution in [0, 0.1) is 5.92 Å². The molecule has 2 N–H and O–H groups in total. The van der Waals surface area contributed by atoms with Crippen LogP contribution in [0.3, 0.4) is 0 Å². The number of hydrogen-bond donors (Lipinski definition) is 2. The summed E-state index contributed by atoms with van der Waals surface area (Å²) >= 11 is 1.25. The number of carbonyl (C=O) groups is 4. The molecule has 0 radical (unpaired) electrons. The molecular formula is C15H22N2O7S. The number of likely N-dealkylation sites (N-methyl/N-ethyl adjacent to an activating group) is 1. The minimum absolute atomic E-state index is 0.170. The van der Waals surface area contributed by atoms with Crippen LogP contribution >= 0.6 is 11.8 Å². The van der Waals surface area contributed by atoms with E-state index in [2.05, 4.69) is 0 Å². The van der Waals surface area contributed by atoms with E-state index in [1.807, 2.05) is 0 Å². The number of amides is 2. The van der Waals surface area contributed by atoms with Crippen LogP contribution in [0.2, 0.25) is 0 Å². The maximum atomic E-state index is 12.4. The number of carbonyl (C=O) groups excluding carboxylic acids is 3. The molecule has 2 aliphatic rings. The lowest BCUT2D eigenvalue weighted by atomic mass is 9.87. The van der Waals surface area contributed by atoms with Gasteiger partial charge in [0.25, 0.3) is 5.91 Å². The molecule has 0 unspecified atom stereocenters. The van der Waals surface area contributed by atoms with Gasteiger partial charge in [0.05, 0.1) is 12.0 Å². The van der Waals surface area contributed by atoms with Gasteiger partial charge in [-0.05, 0) is 20.8 Å². The quantitative estimate of drug-likeness (QED) is 0.454. The topological polar surface area (TPSA) is 124 Å². The van der Waals surface area contributed by atoms with Crippen LogP contribution in [0.5, 0.6) is 0 Å². The zero-order valence-corrected chi connectivity index (χ0v) is 15.3. The van der Waals surface area contributed by atoms with E-state index < -0.39 is 51.9 Å². The second-order valence-corrected chi connectivity index (χ2v) is 8.34. The molecule has 9 nitrogen and oxygen atoms in total. The van der Waals surface area contributed by atoms with Crippen LogP contribution in [0.25, 0.3) is 0 Å². The fraction of sp³-hybridized carbons (Fsp3) is 0.733. The summed E-state index contributed by atoms with van der Waals surface area (Å²) in [5.41, 5.74) is 0. The minimum atomic E-state index is -1.64. The Labute approximate surface area is 149 Å². The van der Waals surface area contributed by atoms with Gasteiger partial charge in [0.1, 0.15) is 24.6 Å². The van der Waals surface area contributed by atoms with Crippen molar-refractivity contribution >= 4 is 35.5 Å². The van der Waals surface area contributed by atoms with Gasteiger partial charge in [-0.2, -0.15) is 0 Å². The van der Waals surface area contributed by atoms with Crippen molar-refractivity contribution in [2.45, 2.75) is 43.0 Å². The van der Waals surface area contributed by atoms with Gasteiger partial charge < -0.3 is 24.7 Å². The van der Waals surface area contributed by atoms with Gasteiger partial charge in [-0.1, -0.05) is 0 Å². The van der Waals surface area contributed by atoms with Gasteiger partial charge in [0.15, 0.2) is 0 Å². The molecule has 4 atom stereocenters. The van der Waals surface area contributed by atoms with Gasteiger partial charge >= 0.3 is 11.9 Å². The van der Waals surface area contributed by atoms with Crippen LogP contribution in [0.4, 0.5) is 0 Å². The maximum Gasteiger partial charge on any atom is 0.327 e. The van der Waals surface area contributed by atoms with E-state index in [1.165, 1.54) is 23.7 Å². The van der Waals surface area contributed by atoms with Crippen LogP contribution in [-0.2, 0) is 23.9 Å². The van der Waals surface area contributed by atoms with Gasteiger partial charge in [-0.3, -0.25) is 14.4 Å². The Balaban J connectivity index is 2.08. The van der Waals surface area contributed by atoms with Gasteiger partial charge in [-0.15, -0.1) is 11.8 Å². The number of esters is 1. The number of β-lactam (4-membered cyclic amide) rings is 1. The third-order valence-corrected chi connectivity index (χ3v) is 5.95. The van der Waals surface area contributed by atoms with Crippen molar-refractivity contribution in [3.05, 3.63) is 0 Å². The first-order valence-electron chi connectivity index (χ1n) is 7.84. The highest BCUT2D eigenvalue weighted by atomic mass is 32.2. The zero-order chi connectivity index (χ0) is 19.1. The lowest BCUT2D eigenvalue weighted by molar-refractivity contribution is -0.173. The molecule has 0 aliphatic carbocycles. The van der Waals surface area contributed by atoms with E-state index in [4.69, 9.17) is 4.74 Å². The van der Waals surface area contributed by atoms with Gasteiger partial charge in [0, 0.05) is 11.8 Å². The highest BCUT2D eigenvalue weighted by molar-refractivity contribution is 8.01. The average molecular weight is 374 g/mol. The Kier molecular flexibility index (Phi) is 5.33. The SMILES string of the molecule is CCOC(=O)CN(C)C(=O)[C@@H](O)[C@@H]1C(=O)N2[C@@H]1SC(C)(C)[C@@H]2C(=O)O. The van der Waals surface area contributed by atoms with Crippen molar-refractivity contribution in [2.24, 2.45) is 5.92 Å². The third-order valence-electron chi connectivity index (χ3n) is 4.36. The number of nitrogens with zero attached hydrogens (tertiary/aromatic N) is 2. The van der Waals surface area contributed by atoms with Crippen LogP contribution in [0.1, 0.15) is 20.8 Å². The van der Waals surface area contributed by atoms with E-state index >= 15 is 0 Å². The Hall–Kier alpha value is -1.81. The van der Waals surface area contributed by atoms with Crippen LogP contribution in [0.15, 0.2) is 0 Å². The molecule has 2 amide bonds. The smallest absolute Gasteiger partial charge is 0.327 e. The van der Waals surface area contributed by atoms with E-state index in [9.17, 15) is 29.4 Å². The fourth-order valence-corrected chi connectivity index (χ4v) is 4.91. The molecule has 0 spiro atoms. The largest absolute Gasteiger partial charge is 0.480 e. The number of aliphatic hydroxyl groups excluding tert-OH is 1. The molecule has 0 aromatic rings.